The van der Waals surface area contributed by atoms with Crippen LogP contribution in [-0.2, 0) is 9.53 Å². The summed E-state index contributed by atoms with van der Waals surface area (Å²) in [7, 11) is 1.57. The van der Waals surface area contributed by atoms with Crippen molar-refractivity contribution in [3.05, 3.63) is 18.2 Å². The number of amides is 3. The summed E-state index contributed by atoms with van der Waals surface area (Å²) in [5, 5.41) is 5.61. The number of benzene rings is 1. The van der Waals surface area contributed by atoms with Crippen LogP contribution in [0.15, 0.2) is 18.2 Å². The van der Waals surface area contributed by atoms with E-state index in [-0.39, 0.29) is 18.0 Å². The predicted molar refractivity (Wildman–Crippen MR) is 90.6 cm³/mol. The van der Waals surface area contributed by atoms with E-state index in [1.165, 1.54) is 0 Å². The van der Waals surface area contributed by atoms with Gasteiger partial charge in [-0.25, -0.2) is 4.79 Å². The summed E-state index contributed by atoms with van der Waals surface area (Å²) < 4.78 is 10.8. The molecule has 0 radical (unpaired) electrons. The summed E-state index contributed by atoms with van der Waals surface area (Å²) in [5.41, 5.74) is 1.31. The summed E-state index contributed by atoms with van der Waals surface area (Å²) >= 11 is 0. The minimum atomic E-state index is -0.283. The van der Waals surface area contributed by atoms with Gasteiger partial charge in [0.25, 0.3) is 0 Å². The summed E-state index contributed by atoms with van der Waals surface area (Å²) in [5.74, 6) is 0.698. The molecule has 2 fully saturated rings. The fraction of sp³-hybridized carbons (Fsp3) is 0.529. The molecule has 24 heavy (non-hydrogen) atoms. The van der Waals surface area contributed by atoms with E-state index in [9.17, 15) is 9.59 Å². The highest BCUT2D eigenvalue weighted by Crippen LogP contribution is 2.33. The Hall–Kier alpha value is -2.28. The Morgan fingerprint density at radius 2 is 2.29 bits per heavy atom. The first-order valence-electron chi connectivity index (χ1n) is 8.32. The molecule has 3 amide bonds. The standard InChI is InChI=1S/C17H23N3O4/c1-23-15-7-6-12(10-14(15)20-8-2-5-16(20)21)19-17(22)18-11-13-4-3-9-24-13/h6-7,10,13H,2-5,8-9,11H2,1H3,(H2,18,19,22). The first-order valence-corrected chi connectivity index (χ1v) is 8.32. The predicted octanol–water partition coefficient (Wildman–Crippen LogP) is 2.12. The minimum absolute atomic E-state index is 0.0771. The molecule has 1 aromatic rings. The lowest BCUT2D eigenvalue weighted by atomic mass is 10.2. The molecule has 1 unspecified atom stereocenters. The van der Waals surface area contributed by atoms with Gasteiger partial charge in [-0.05, 0) is 37.5 Å². The normalized spacial score (nSPS) is 20.3. The Bertz CT molecular complexity index is 614. The van der Waals surface area contributed by atoms with Crippen molar-refractivity contribution in [1.29, 1.82) is 0 Å². The molecule has 0 aliphatic carbocycles. The van der Waals surface area contributed by atoms with Crippen molar-refractivity contribution in [2.75, 3.05) is 37.0 Å². The number of urea groups is 1. The van der Waals surface area contributed by atoms with Crippen LogP contribution in [0.2, 0.25) is 0 Å². The van der Waals surface area contributed by atoms with Crippen LogP contribution in [0.5, 0.6) is 5.75 Å². The zero-order valence-electron chi connectivity index (χ0n) is 13.8. The highest BCUT2D eigenvalue weighted by atomic mass is 16.5. The van der Waals surface area contributed by atoms with Crippen molar-refractivity contribution in [2.45, 2.75) is 31.8 Å². The lowest BCUT2D eigenvalue weighted by molar-refractivity contribution is -0.117. The van der Waals surface area contributed by atoms with E-state index in [2.05, 4.69) is 10.6 Å². The molecular weight excluding hydrogens is 310 g/mol. The van der Waals surface area contributed by atoms with Gasteiger partial charge in [-0.2, -0.15) is 0 Å². The third kappa shape index (κ3) is 3.79. The maximum atomic E-state index is 12.0. The molecule has 7 nitrogen and oxygen atoms in total. The molecule has 2 heterocycles. The summed E-state index contributed by atoms with van der Waals surface area (Å²) in [6, 6.07) is 5.01. The van der Waals surface area contributed by atoms with Gasteiger partial charge < -0.3 is 25.0 Å². The van der Waals surface area contributed by atoms with E-state index in [1.54, 1.807) is 30.2 Å². The van der Waals surface area contributed by atoms with Crippen LogP contribution >= 0.6 is 0 Å². The number of carbonyl (C=O) groups excluding carboxylic acids is 2. The molecule has 7 heteroatoms. The van der Waals surface area contributed by atoms with Gasteiger partial charge in [-0.3, -0.25) is 4.79 Å². The molecule has 130 valence electrons. The van der Waals surface area contributed by atoms with E-state index in [4.69, 9.17) is 9.47 Å². The zero-order valence-corrected chi connectivity index (χ0v) is 13.8. The van der Waals surface area contributed by atoms with E-state index < -0.39 is 0 Å². The minimum Gasteiger partial charge on any atom is -0.495 e. The second-order valence-electron chi connectivity index (χ2n) is 6.01. The van der Waals surface area contributed by atoms with Crippen molar-refractivity contribution >= 4 is 23.3 Å². The number of carbonyl (C=O) groups is 2. The third-order valence-corrected chi connectivity index (χ3v) is 4.32. The Labute approximate surface area is 141 Å². The number of nitrogens with zero attached hydrogens (tertiary/aromatic N) is 1. The van der Waals surface area contributed by atoms with Crippen LogP contribution in [0.3, 0.4) is 0 Å². The number of hydrogen-bond donors (Lipinski definition) is 2. The second-order valence-corrected chi connectivity index (χ2v) is 6.01. The summed E-state index contributed by atoms with van der Waals surface area (Å²) in [4.78, 5) is 25.7. The van der Waals surface area contributed by atoms with E-state index in [0.717, 1.165) is 25.9 Å². The van der Waals surface area contributed by atoms with Crippen LogP contribution in [-0.4, -0.2) is 44.8 Å². The number of rotatable bonds is 5. The quantitative estimate of drug-likeness (QED) is 0.865. The van der Waals surface area contributed by atoms with Crippen LogP contribution < -0.4 is 20.3 Å². The molecule has 2 saturated heterocycles. The average molecular weight is 333 g/mol. The molecule has 1 aromatic carbocycles. The number of nitrogens with one attached hydrogen (secondary N) is 2. The van der Waals surface area contributed by atoms with Gasteiger partial charge in [-0.15, -0.1) is 0 Å². The lowest BCUT2D eigenvalue weighted by Crippen LogP contribution is -2.35. The molecule has 0 spiro atoms. The molecule has 2 aliphatic rings. The highest BCUT2D eigenvalue weighted by Gasteiger charge is 2.25. The fourth-order valence-corrected chi connectivity index (χ4v) is 3.07. The number of ether oxygens (including phenoxy) is 2. The Morgan fingerprint density at radius 1 is 1.42 bits per heavy atom. The van der Waals surface area contributed by atoms with Crippen molar-refractivity contribution in [3.8, 4) is 5.75 Å². The van der Waals surface area contributed by atoms with Crippen LogP contribution in [0.1, 0.15) is 25.7 Å². The van der Waals surface area contributed by atoms with Crippen molar-refractivity contribution in [1.82, 2.24) is 5.32 Å². The first kappa shape index (κ1) is 16.6. The van der Waals surface area contributed by atoms with Crippen molar-refractivity contribution in [2.24, 2.45) is 0 Å². The van der Waals surface area contributed by atoms with Gasteiger partial charge in [0.05, 0.1) is 18.9 Å². The van der Waals surface area contributed by atoms with Gasteiger partial charge in [0.15, 0.2) is 0 Å². The summed E-state index contributed by atoms with van der Waals surface area (Å²) in [6.45, 7) is 1.93. The molecule has 2 aliphatic heterocycles. The number of hydrogen-bond acceptors (Lipinski definition) is 4. The van der Waals surface area contributed by atoms with Crippen molar-refractivity contribution < 1.29 is 19.1 Å². The largest absolute Gasteiger partial charge is 0.495 e. The van der Waals surface area contributed by atoms with Gasteiger partial charge in [0, 0.05) is 31.8 Å². The summed E-state index contributed by atoms with van der Waals surface area (Å²) in [6.07, 6.45) is 3.50. The van der Waals surface area contributed by atoms with Crippen LogP contribution in [0, 0.1) is 0 Å². The Kier molecular flexibility index (Phi) is 5.20. The van der Waals surface area contributed by atoms with Gasteiger partial charge in [0.1, 0.15) is 5.75 Å². The van der Waals surface area contributed by atoms with Gasteiger partial charge in [-0.1, -0.05) is 0 Å². The number of methoxy groups -OCH3 is 1. The Morgan fingerprint density at radius 3 is 2.96 bits per heavy atom. The molecule has 1 atom stereocenters. The smallest absolute Gasteiger partial charge is 0.319 e. The fourth-order valence-electron chi connectivity index (χ4n) is 3.07. The maximum absolute atomic E-state index is 12.0. The van der Waals surface area contributed by atoms with Crippen LogP contribution in [0.4, 0.5) is 16.2 Å². The van der Waals surface area contributed by atoms with Crippen LogP contribution in [0.25, 0.3) is 0 Å². The Balaban J connectivity index is 1.64. The van der Waals surface area contributed by atoms with E-state index in [1.807, 2.05) is 0 Å². The van der Waals surface area contributed by atoms with Gasteiger partial charge in [0.2, 0.25) is 5.91 Å². The number of anilines is 2. The SMILES string of the molecule is COc1ccc(NC(=O)NCC2CCCO2)cc1N1CCCC1=O. The molecule has 3 rings (SSSR count). The van der Waals surface area contributed by atoms with E-state index in [0.29, 0.717) is 36.6 Å². The molecular formula is C17H23N3O4. The molecule has 0 saturated carbocycles. The third-order valence-electron chi connectivity index (χ3n) is 4.32. The molecule has 0 bridgehead atoms. The highest BCUT2D eigenvalue weighted by molar-refractivity contribution is 5.98. The average Bonchev–Trinajstić information content (AvgIpc) is 3.24. The topological polar surface area (TPSA) is 79.9 Å². The zero-order chi connectivity index (χ0) is 16.9. The second kappa shape index (κ2) is 7.53. The first-order chi connectivity index (χ1) is 11.7. The molecule has 2 N–H and O–H groups in total. The monoisotopic (exact) mass is 333 g/mol. The van der Waals surface area contributed by atoms with Crippen molar-refractivity contribution in [3.63, 3.8) is 0 Å². The lowest BCUT2D eigenvalue weighted by Gasteiger charge is -2.20. The molecule has 0 aromatic heterocycles. The van der Waals surface area contributed by atoms with Gasteiger partial charge >= 0.3 is 6.03 Å². The van der Waals surface area contributed by atoms with E-state index >= 15 is 0 Å². The maximum Gasteiger partial charge on any atom is 0.319 e.